The minimum absolute atomic E-state index is 0. The molecule has 1 amide bonds. The third kappa shape index (κ3) is 8.83. The van der Waals surface area contributed by atoms with E-state index in [0.717, 1.165) is 18.7 Å². The first-order chi connectivity index (χ1) is 8.72. The molecule has 0 radical (unpaired) electrons. The normalized spacial score (nSPS) is 9.79. The number of benzene rings is 1. The first kappa shape index (κ1) is 18.2. The molecule has 6 heteroatoms. The lowest BCUT2D eigenvalue weighted by molar-refractivity contribution is -0.120. The molecule has 0 aliphatic rings. The summed E-state index contributed by atoms with van der Waals surface area (Å²) < 4.78 is 4.90. The van der Waals surface area contributed by atoms with Crippen LogP contribution in [-0.2, 0) is 16.0 Å². The highest BCUT2D eigenvalue weighted by atomic mass is 35.5. The van der Waals surface area contributed by atoms with E-state index in [1.807, 2.05) is 12.1 Å². The average Bonchev–Trinajstić information content (AvgIpc) is 2.36. The second kappa shape index (κ2) is 11.1. The Balaban J connectivity index is 0.00000324. The first-order valence-corrected chi connectivity index (χ1v) is 6.31. The minimum Gasteiger partial charge on any atom is -0.383 e. The van der Waals surface area contributed by atoms with Crippen LogP contribution in [0.5, 0.6) is 0 Å². The molecule has 0 aliphatic carbocycles. The Morgan fingerprint density at radius 1 is 1.21 bits per heavy atom. The van der Waals surface area contributed by atoms with Crippen LogP contribution in [0.2, 0.25) is 5.02 Å². The topological polar surface area (TPSA) is 50.4 Å². The second-order valence-corrected chi connectivity index (χ2v) is 4.33. The summed E-state index contributed by atoms with van der Waals surface area (Å²) >= 11 is 5.77. The largest absolute Gasteiger partial charge is 0.383 e. The van der Waals surface area contributed by atoms with Gasteiger partial charge in [-0.25, -0.2) is 0 Å². The zero-order valence-electron chi connectivity index (χ0n) is 10.9. The van der Waals surface area contributed by atoms with Crippen LogP contribution in [-0.4, -0.2) is 39.3 Å². The van der Waals surface area contributed by atoms with Gasteiger partial charge in [0.15, 0.2) is 0 Å². The highest BCUT2D eigenvalue weighted by Crippen LogP contribution is 2.09. The number of ether oxygens (including phenoxy) is 1. The number of carbonyl (C=O) groups is 1. The fraction of sp³-hybridized carbons (Fsp3) is 0.462. The Morgan fingerprint density at radius 3 is 2.53 bits per heavy atom. The van der Waals surface area contributed by atoms with E-state index in [9.17, 15) is 4.79 Å². The predicted molar refractivity (Wildman–Crippen MR) is 80.2 cm³/mol. The van der Waals surface area contributed by atoms with Gasteiger partial charge in [0.2, 0.25) is 5.91 Å². The summed E-state index contributed by atoms with van der Waals surface area (Å²) in [7, 11) is 1.66. The van der Waals surface area contributed by atoms with Crippen LogP contribution < -0.4 is 10.6 Å². The van der Waals surface area contributed by atoms with Gasteiger partial charge in [-0.3, -0.25) is 4.79 Å². The molecule has 1 aromatic rings. The summed E-state index contributed by atoms with van der Waals surface area (Å²) in [5.41, 5.74) is 0.962. The van der Waals surface area contributed by atoms with E-state index < -0.39 is 0 Å². The van der Waals surface area contributed by atoms with E-state index in [2.05, 4.69) is 10.6 Å². The van der Waals surface area contributed by atoms with Crippen molar-refractivity contribution in [1.82, 2.24) is 10.6 Å². The molecule has 1 aromatic carbocycles. The summed E-state index contributed by atoms with van der Waals surface area (Å²) in [5.74, 6) is 0.0193. The van der Waals surface area contributed by atoms with Crippen molar-refractivity contribution in [2.75, 3.05) is 33.4 Å². The van der Waals surface area contributed by atoms with Gasteiger partial charge in [0.05, 0.1) is 13.0 Å². The molecule has 1 rings (SSSR count). The average molecular weight is 307 g/mol. The molecule has 0 aromatic heterocycles. The minimum atomic E-state index is 0. The summed E-state index contributed by atoms with van der Waals surface area (Å²) in [6, 6.07) is 7.30. The van der Waals surface area contributed by atoms with Gasteiger partial charge in [0, 0.05) is 31.8 Å². The Morgan fingerprint density at radius 2 is 1.89 bits per heavy atom. The summed E-state index contributed by atoms with van der Waals surface area (Å²) in [6.07, 6.45) is 0.384. The van der Waals surface area contributed by atoms with Crippen LogP contribution in [0, 0.1) is 0 Å². The van der Waals surface area contributed by atoms with Crippen LogP contribution in [0.15, 0.2) is 24.3 Å². The summed E-state index contributed by atoms with van der Waals surface area (Å²) in [5, 5.41) is 6.69. The summed E-state index contributed by atoms with van der Waals surface area (Å²) in [6.45, 7) is 2.84. The number of hydrogen-bond acceptors (Lipinski definition) is 3. The van der Waals surface area contributed by atoms with Crippen LogP contribution in [0.1, 0.15) is 5.56 Å². The Kier molecular flexibility index (Phi) is 10.6. The molecule has 0 atom stereocenters. The van der Waals surface area contributed by atoms with Crippen molar-refractivity contribution in [2.24, 2.45) is 0 Å². The third-order valence-corrected chi connectivity index (χ3v) is 2.64. The van der Waals surface area contributed by atoms with Crippen LogP contribution in [0.3, 0.4) is 0 Å². The van der Waals surface area contributed by atoms with Gasteiger partial charge in [-0.1, -0.05) is 23.7 Å². The van der Waals surface area contributed by atoms with Gasteiger partial charge in [0.1, 0.15) is 0 Å². The Hall–Kier alpha value is -0.810. The van der Waals surface area contributed by atoms with Crippen LogP contribution in [0.4, 0.5) is 0 Å². The first-order valence-electron chi connectivity index (χ1n) is 5.93. The third-order valence-electron chi connectivity index (χ3n) is 2.38. The molecule has 0 heterocycles. The fourth-order valence-corrected chi connectivity index (χ4v) is 1.57. The highest BCUT2D eigenvalue weighted by Gasteiger charge is 2.02. The van der Waals surface area contributed by atoms with Gasteiger partial charge in [-0.05, 0) is 17.7 Å². The van der Waals surface area contributed by atoms with E-state index >= 15 is 0 Å². The van der Waals surface area contributed by atoms with Gasteiger partial charge in [-0.15, -0.1) is 12.4 Å². The maximum Gasteiger partial charge on any atom is 0.224 e. The SMILES string of the molecule is COCCNCCNC(=O)Cc1ccc(Cl)cc1.Cl. The maximum atomic E-state index is 11.6. The van der Waals surface area contributed by atoms with Crippen molar-refractivity contribution in [2.45, 2.75) is 6.42 Å². The van der Waals surface area contributed by atoms with Gasteiger partial charge in [-0.2, -0.15) is 0 Å². The lowest BCUT2D eigenvalue weighted by Crippen LogP contribution is -2.33. The Labute approximate surface area is 125 Å². The highest BCUT2D eigenvalue weighted by molar-refractivity contribution is 6.30. The van der Waals surface area contributed by atoms with Crippen molar-refractivity contribution in [3.8, 4) is 0 Å². The van der Waals surface area contributed by atoms with E-state index in [0.29, 0.717) is 24.6 Å². The molecule has 2 N–H and O–H groups in total. The van der Waals surface area contributed by atoms with Crippen molar-refractivity contribution in [1.29, 1.82) is 0 Å². The number of amides is 1. The van der Waals surface area contributed by atoms with Crippen molar-refractivity contribution < 1.29 is 9.53 Å². The lowest BCUT2D eigenvalue weighted by atomic mass is 10.1. The fourth-order valence-electron chi connectivity index (χ4n) is 1.44. The zero-order valence-corrected chi connectivity index (χ0v) is 12.5. The molecule has 0 saturated heterocycles. The second-order valence-electron chi connectivity index (χ2n) is 3.90. The number of nitrogens with one attached hydrogen (secondary N) is 2. The number of methoxy groups -OCH3 is 1. The monoisotopic (exact) mass is 306 g/mol. The molecule has 19 heavy (non-hydrogen) atoms. The molecular weight excluding hydrogens is 287 g/mol. The molecule has 0 fully saturated rings. The summed E-state index contributed by atoms with van der Waals surface area (Å²) in [4.78, 5) is 11.6. The molecule has 0 unspecified atom stereocenters. The standard InChI is InChI=1S/C13H19ClN2O2.ClH/c1-18-9-8-15-6-7-16-13(17)10-11-2-4-12(14)5-3-11;/h2-5,15H,6-10H2,1H3,(H,16,17);1H. The van der Waals surface area contributed by atoms with Gasteiger partial charge < -0.3 is 15.4 Å². The van der Waals surface area contributed by atoms with Crippen molar-refractivity contribution >= 4 is 29.9 Å². The van der Waals surface area contributed by atoms with Crippen molar-refractivity contribution in [3.63, 3.8) is 0 Å². The molecule has 0 bridgehead atoms. The number of rotatable bonds is 8. The van der Waals surface area contributed by atoms with E-state index in [-0.39, 0.29) is 18.3 Å². The molecule has 0 aliphatic heterocycles. The van der Waals surface area contributed by atoms with E-state index in [1.165, 1.54) is 0 Å². The van der Waals surface area contributed by atoms with E-state index in [1.54, 1.807) is 19.2 Å². The van der Waals surface area contributed by atoms with Crippen LogP contribution in [0.25, 0.3) is 0 Å². The number of carbonyl (C=O) groups excluding carboxylic acids is 1. The number of halogens is 2. The van der Waals surface area contributed by atoms with Crippen molar-refractivity contribution in [3.05, 3.63) is 34.9 Å². The van der Waals surface area contributed by atoms with Crippen LogP contribution >= 0.6 is 24.0 Å². The molecule has 4 nitrogen and oxygen atoms in total. The predicted octanol–water partition coefficient (Wildman–Crippen LogP) is 1.66. The van der Waals surface area contributed by atoms with Gasteiger partial charge >= 0.3 is 0 Å². The smallest absolute Gasteiger partial charge is 0.224 e. The molecule has 108 valence electrons. The van der Waals surface area contributed by atoms with E-state index in [4.69, 9.17) is 16.3 Å². The molecule has 0 saturated carbocycles. The Bertz CT molecular complexity index is 358. The maximum absolute atomic E-state index is 11.6. The zero-order chi connectivity index (χ0) is 13.2. The molecule has 0 spiro atoms. The molecular formula is C13H20Cl2N2O2. The van der Waals surface area contributed by atoms with Gasteiger partial charge in [0.25, 0.3) is 0 Å². The quantitative estimate of drug-likeness (QED) is 0.718. The lowest BCUT2D eigenvalue weighted by Gasteiger charge is -2.06. The number of hydrogen-bond donors (Lipinski definition) is 2.